The maximum atomic E-state index is 13.1. The van der Waals surface area contributed by atoms with Gasteiger partial charge in [0.15, 0.2) is 12.2 Å². The Bertz CT molecular complexity index is 1920. The van der Waals surface area contributed by atoms with Crippen LogP contribution in [0.15, 0.2) is 0 Å². The number of aliphatic hydroxyl groups excluding tert-OH is 1. The summed E-state index contributed by atoms with van der Waals surface area (Å²) in [5, 5.41) is 10.6. The number of hydrogen-bond acceptors (Lipinski definition) is 15. The Morgan fingerprint density at radius 2 is 0.490 bits per heavy atom. The van der Waals surface area contributed by atoms with Crippen molar-refractivity contribution in [2.24, 2.45) is 23.7 Å². The van der Waals surface area contributed by atoms with E-state index in [1.807, 2.05) is 0 Å². The number of phosphoric ester groups is 2. The summed E-state index contributed by atoms with van der Waals surface area (Å²) in [6.07, 6.45) is 54.1. The van der Waals surface area contributed by atoms with Crippen molar-refractivity contribution in [1.29, 1.82) is 0 Å². The van der Waals surface area contributed by atoms with Gasteiger partial charge in [0.05, 0.1) is 26.4 Å². The average Bonchev–Trinajstić information content (AvgIpc) is 1.02. The zero-order valence-electron chi connectivity index (χ0n) is 64.4. The summed E-state index contributed by atoms with van der Waals surface area (Å²) in [6, 6.07) is 0. The van der Waals surface area contributed by atoms with Crippen LogP contribution in [0.5, 0.6) is 0 Å². The second-order valence-corrected chi connectivity index (χ2v) is 33.0. The van der Waals surface area contributed by atoms with Gasteiger partial charge < -0.3 is 33.8 Å². The molecule has 0 bridgehead atoms. The van der Waals surface area contributed by atoms with Crippen LogP contribution < -0.4 is 0 Å². The molecule has 19 heteroatoms. The maximum absolute atomic E-state index is 13.1. The Kier molecular flexibility index (Phi) is 66.8. The molecule has 0 aromatic rings. The number of aliphatic hydroxyl groups is 1. The van der Waals surface area contributed by atoms with Crippen molar-refractivity contribution in [1.82, 2.24) is 0 Å². The van der Waals surface area contributed by atoms with Gasteiger partial charge in [0.2, 0.25) is 0 Å². The summed E-state index contributed by atoms with van der Waals surface area (Å²) in [5.41, 5.74) is 0. The topological polar surface area (TPSA) is 237 Å². The lowest BCUT2D eigenvalue weighted by atomic mass is 10.00. The van der Waals surface area contributed by atoms with Crippen LogP contribution in [0.3, 0.4) is 0 Å². The van der Waals surface area contributed by atoms with E-state index in [2.05, 4.69) is 55.4 Å². The van der Waals surface area contributed by atoms with E-state index in [4.69, 9.17) is 37.0 Å². The van der Waals surface area contributed by atoms with Gasteiger partial charge in [-0.2, -0.15) is 0 Å². The Morgan fingerprint density at radius 3 is 0.724 bits per heavy atom. The van der Waals surface area contributed by atoms with Crippen molar-refractivity contribution in [3.63, 3.8) is 0 Å². The van der Waals surface area contributed by atoms with E-state index in [0.717, 1.165) is 120 Å². The molecule has 0 aromatic carbocycles. The number of ether oxygens (including phenoxy) is 4. The van der Waals surface area contributed by atoms with Crippen molar-refractivity contribution in [2.75, 3.05) is 39.6 Å². The van der Waals surface area contributed by atoms with Crippen LogP contribution in [0.25, 0.3) is 0 Å². The highest BCUT2D eigenvalue weighted by Gasteiger charge is 2.30. The van der Waals surface area contributed by atoms with Crippen LogP contribution in [0.4, 0.5) is 0 Å². The second kappa shape index (κ2) is 68.2. The van der Waals surface area contributed by atoms with Crippen molar-refractivity contribution in [3.05, 3.63) is 0 Å². The molecule has 0 aliphatic heterocycles. The quantitative estimate of drug-likeness (QED) is 0.0222. The molecule has 0 saturated carbocycles. The smallest absolute Gasteiger partial charge is 0.462 e. The van der Waals surface area contributed by atoms with Gasteiger partial charge in [-0.05, 0) is 49.4 Å². The highest BCUT2D eigenvalue weighted by Crippen LogP contribution is 2.45. The molecule has 0 aliphatic rings. The molecule has 0 aliphatic carbocycles. The molecule has 0 aromatic heterocycles. The molecular formula is C79H154O17P2. The number of hydrogen-bond donors (Lipinski definition) is 3. The Hall–Kier alpha value is -1.94. The first kappa shape index (κ1) is 96.1. The monoisotopic (exact) mass is 1440 g/mol. The lowest BCUT2D eigenvalue weighted by Crippen LogP contribution is -2.30. The maximum Gasteiger partial charge on any atom is 0.472 e. The normalized spacial score (nSPS) is 14.3. The molecule has 0 rings (SSSR count). The number of carbonyl (C=O) groups excluding carboxylic acids is 4. The average molecular weight is 1440 g/mol. The van der Waals surface area contributed by atoms with Crippen LogP contribution >= 0.6 is 15.6 Å². The third kappa shape index (κ3) is 71.1. The Balaban J connectivity index is 5.25. The van der Waals surface area contributed by atoms with Gasteiger partial charge in [0.25, 0.3) is 0 Å². The van der Waals surface area contributed by atoms with E-state index in [9.17, 15) is 43.2 Å². The van der Waals surface area contributed by atoms with Gasteiger partial charge in [-0.1, -0.05) is 351 Å². The summed E-state index contributed by atoms with van der Waals surface area (Å²) in [6.45, 7) is 14.2. The lowest BCUT2D eigenvalue weighted by molar-refractivity contribution is -0.161. The van der Waals surface area contributed by atoms with Crippen molar-refractivity contribution in [3.8, 4) is 0 Å². The van der Waals surface area contributed by atoms with Crippen LogP contribution in [-0.2, 0) is 65.4 Å². The van der Waals surface area contributed by atoms with Gasteiger partial charge in [-0.15, -0.1) is 0 Å². The van der Waals surface area contributed by atoms with Gasteiger partial charge >= 0.3 is 39.5 Å². The molecule has 0 fully saturated rings. The number of rotatable bonds is 76. The molecule has 0 spiro atoms. The predicted octanol–water partition coefficient (Wildman–Crippen LogP) is 23.2. The summed E-state index contributed by atoms with van der Waals surface area (Å²) >= 11 is 0. The van der Waals surface area contributed by atoms with Crippen molar-refractivity contribution in [2.45, 2.75) is 420 Å². The van der Waals surface area contributed by atoms with Crippen molar-refractivity contribution < 1.29 is 80.2 Å². The summed E-state index contributed by atoms with van der Waals surface area (Å²) in [5.74, 6) is 0.975. The first-order valence-electron chi connectivity index (χ1n) is 40.7. The van der Waals surface area contributed by atoms with Crippen LogP contribution in [0.2, 0.25) is 0 Å². The number of unbranched alkanes of at least 4 members (excludes halogenated alkanes) is 41. The fourth-order valence-corrected chi connectivity index (χ4v) is 13.6. The fraction of sp³-hybridized carbons (Fsp3) is 0.949. The molecule has 6 atom stereocenters. The van der Waals surface area contributed by atoms with E-state index in [1.165, 1.54) is 199 Å². The Morgan fingerprint density at radius 1 is 0.286 bits per heavy atom. The zero-order chi connectivity index (χ0) is 72.4. The SMILES string of the molecule is CCC(C)CCCCCCCCC(=O)OC[C@H](COP(=O)(O)OC[C@H](O)COP(=O)(O)OC[C@@H](COC(=O)CCCCCCCCCCCCCC(C)C)OC(=O)CCCCCCCCCCCCCCCCC(C)C)OC(=O)CCCCCCCCCCCCCCCCC(C)C. The van der Waals surface area contributed by atoms with Gasteiger partial charge in [0, 0.05) is 25.7 Å². The summed E-state index contributed by atoms with van der Waals surface area (Å²) in [4.78, 5) is 73.0. The third-order valence-corrected chi connectivity index (χ3v) is 20.6. The standard InChI is InChI=1S/C79H154O17P2/c1-9-72(8)58-50-42-37-38-44-52-60-77(82)90-66-75(96-79(84)62-54-46-36-30-23-17-13-11-15-20-26-32-40-48-56-70(4)5)68-94-98(87,88)92-64-73(80)63-91-97(85,86)93-67-74(65-89-76(81)59-51-43-34-28-24-18-21-27-33-41-49-57-71(6)7)95-78(83)61-53-45-35-29-22-16-12-10-14-19-25-31-39-47-55-69(2)3/h69-75,80H,9-68H2,1-8H3,(H,85,86)(H,87,88)/t72?,73-,74-,75-/m1/s1. The summed E-state index contributed by atoms with van der Waals surface area (Å²) < 4.78 is 68.7. The molecule has 3 unspecified atom stereocenters. The van der Waals surface area contributed by atoms with Crippen LogP contribution in [0, 0.1) is 23.7 Å². The van der Waals surface area contributed by atoms with Crippen LogP contribution in [0.1, 0.15) is 402 Å². The van der Waals surface area contributed by atoms with Gasteiger partial charge in [-0.3, -0.25) is 37.3 Å². The highest BCUT2D eigenvalue weighted by atomic mass is 31.2. The molecular weight excluding hydrogens is 1280 g/mol. The minimum Gasteiger partial charge on any atom is -0.462 e. The molecule has 98 heavy (non-hydrogen) atoms. The molecule has 582 valence electrons. The fourth-order valence-electron chi connectivity index (χ4n) is 12.0. The van der Waals surface area contributed by atoms with Gasteiger partial charge in [0.1, 0.15) is 19.3 Å². The third-order valence-electron chi connectivity index (χ3n) is 18.7. The first-order chi connectivity index (χ1) is 47.1. The van der Waals surface area contributed by atoms with Crippen molar-refractivity contribution >= 4 is 39.5 Å². The molecule has 3 N–H and O–H groups in total. The predicted molar refractivity (Wildman–Crippen MR) is 400 cm³/mol. The lowest BCUT2D eigenvalue weighted by Gasteiger charge is -2.21. The zero-order valence-corrected chi connectivity index (χ0v) is 66.2. The van der Waals surface area contributed by atoms with E-state index in [0.29, 0.717) is 25.7 Å². The highest BCUT2D eigenvalue weighted by molar-refractivity contribution is 7.47. The van der Waals surface area contributed by atoms with E-state index in [1.54, 1.807) is 0 Å². The molecule has 0 radical (unpaired) electrons. The van der Waals surface area contributed by atoms with E-state index in [-0.39, 0.29) is 25.7 Å². The number of phosphoric acid groups is 2. The molecule has 0 amide bonds. The Labute approximate surface area is 600 Å². The molecule has 17 nitrogen and oxygen atoms in total. The second-order valence-electron chi connectivity index (χ2n) is 30.1. The van der Waals surface area contributed by atoms with E-state index >= 15 is 0 Å². The van der Waals surface area contributed by atoms with E-state index < -0.39 is 97.5 Å². The van der Waals surface area contributed by atoms with Crippen LogP contribution in [-0.4, -0.2) is 96.7 Å². The minimum absolute atomic E-state index is 0.106. The molecule has 0 heterocycles. The largest absolute Gasteiger partial charge is 0.472 e. The molecule has 0 saturated heterocycles. The summed E-state index contributed by atoms with van der Waals surface area (Å²) in [7, 11) is -9.92. The number of carbonyl (C=O) groups is 4. The minimum atomic E-state index is -4.96. The van der Waals surface area contributed by atoms with Gasteiger partial charge in [-0.25, -0.2) is 9.13 Å². The first-order valence-corrected chi connectivity index (χ1v) is 43.7. The number of esters is 4.